The van der Waals surface area contributed by atoms with E-state index in [0.717, 1.165) is 24.6 Å². The van der Waals surface area contributed by atoms with E-state index in [4.69, 9.17) is 5.11 Å². The van der Waals surface area contributed by atoms with Crippen molar-refractivity contribution in [1.82, 2.24) is 9.88 Å². The normalized spacial score (nSPS) is 18.9. The third-order valence-electron chi connectivity index (χ3n) is 2.34. The highest BCUT2D eigenvalue weighted by molar-refractivity contribution is 7.11. The SMILES string of the molecule is Cc1ncc(CN2CC(CO)C2)s1. The van der Waals surface area contributed by atoms with Crippen molar-refractivity contribution in [3.63, 3.8) is 0 Å². The van der Waals surface area contributed by atoms with E-state index < -0.39 is 0 Å². The Hall–Kier alpha value is -0.450. The van der Waals surface area contributed by atoms with Gasteiger partial charge in [-0.25, -0.2) is 4.98 Å². The van der Waals surface area contributed by atoms with Crippen molar-refractivity contribution in [1.29, 1.82) is 0 Å². The Labute approximate surface area is 82.0 Å². The molecule has 1 fully saturated rings. The first-order chi connectivity index (χ1) is 6.28. The zero-order valence-corrected chi connectivity index (χ0v) is 8.55. The average molecular weight is 198 g/mol. The fourth-order valence-electron chi connectivity index (χ4n) is 1.62. The van der Waals surface area contributed by atoms with Crippen LogP contribution in [0.3, 0.4) is 0 Å². The van der Waals surface area contributed by atoms with E-state index >= 15 is 0 Å². The largest absolute Gasteiger partial charge is 0.396 e. The first-order valence-corrected chi connectivity index (χ1v) is 5.34. The van der Waals surface area contributed by atoms with Gasteiger partial charge in [0.15, 0.2) is 0 Å². The lowest BCUT2D eigenvalue weighted by molar-refractivity contribution is 0.0486. The number of aryl methyl sites for hydroxylation is 1. The quantitative estimate of drug-likeness (QED) is 0.783. The predicted octanol–water partition coefficient (Wildman–Crippen LogP) is 0.876. The number of hydrogen-bond acceptors (Lipinski definition) is 4. The maximum absolute atomic E-state index is 8.84. The van der Waals surface area contributed by atoms with Gasteiger partial charge in [0.05, 0.1) is 5.01 Å². The molecular formula is C9H14N2OS. The van der Waals surface area contributed by atoms with Crippen LogP contribution in [0.5, 0.6) is 0 Å². The van der Waals surface area contributed by atoms with Crippen molar-refractivity contribution in [3.8, 4) is 0 Å². The minimum atomic E-state index is 0.332. The Balaban J connectivity index is 1.81. The van der Waals surface area contributed by atoms with Crippen molar-refractivity contribution in [2.75, 3.05) is 19.7 Å². The molecule has 0 aromatic carbocycles. The van der Waals surface area contributed by atoms with E-state index in [-0.39, 0.29) is 0 Å². The van der Waals surface area contributed by atoms with Gasteiger partial charge in [-0.3, -0.25) is 4.90 Å². The Kier molecular flexibility index (Phi) is 2.62. The number of thiazole rings is 1. The molecule has 1 aliphatic heterocycles. The molecule has 0 saturated carbocycles. The summed E-state index contributed by atoms with van der Waals surface area (Å²) in [6.07, 6.45) is 1.95. The Morgan fingerprint density at radius 2 is 2.46 bits per heavy atom. The molecule has 1 aliphatic rings. The highest BCUT2D eigenvalue weighted by Gasteiger charge is 2.25. The third-order valence-corrected chi connectivity index (χ3v) is 3.24. The van der Waals surface area contributed by atoms with Crippen LogP contribution in [0, 0.1) is 12.8 Å². The number of likely N-dealkylation sites (tertiary alicyclic amines) is 1. The summed E-state index contributed by atoms with van der Waals surface area (Å²) >= 11 is 1.76. The molecule has 1 aromatic heterocycles. The first kappa shape index (κ1) is 9.12. The van der Waals surface area contributed by atoms with Gasteiger partial charge < -0.3 is 5.11 Å². The second kappa shape index (κ2) is 3.74. The Bertz CT molecular complexity index is 281. The molecule has 2 heterocycles. The Morgan fingerprint density at radius 1 is 1.69 bits per heavy atom. The fraction of sp³-hybridized carbons (Fsp3) is 0.667. The minimum absolute atomic E-state index is 0.332. The molecule has 13 heavy (non-hydrogen) atoms. The summed E-state index contributed by atoms with van der Waals surface area (Å²) in [6.45, 7) is 5.43. The van der Waals surface area contributed by atoms with E-state index in [1.54, 1.807) is 11.3 Å². The molecule has 0 bridgehead atoms. The number of aliphatic hydroxyl groups excluding tert-OH is 1. The van der Waals surface area contributed by atoms with Gasteiger partial charge in [0.1, 0.15) is 0 Å². The van der Waals surface area contributed by atoms with E-state index in [2.05, 4.69) is 9.88 Å². The lowest BCUT2D eigenvalue weighted by Crippen LogP contribution is -2.47. The van der Waals surface area contributed by atoms with Crippen molar-refractivity contribution in [2.45, 2.75) is 13.5 Å². The van der Waals surface area contributed by atoms with Crippen LogP contribution >= 0.6 is 11.3 Å². The number of nitrogens with zero attached hydrogens (tertiary/aromatic N) is 2. The highest BCUT2D eigenvalue weighted by atomic mass is 32.1. The molecule has 0 amide bonds. The van der Waals surface area contributed by atoms with Crippen molar-refractivity contribution >= 4 is 11.3 Å². The van der Waals surface area contributed by atoms with Gasteiger partial charge in [0, 0.05) is 43.2 Å². The summed E-state index contributed by atoms with van der Waals surface area (Å²) in [4.78, 5) is 7.88. The highest BCUT2D eigenvalue weighted by Crippen LogP contribution is 2.20. The van der Waals surface area contributed by atoms with Crippen LogP contribution in [0.1, 0.15) is 9.88 Å². The molecule has 1 N–H and O–H groups in total. The lowest BCUT2D eigenvalue weighted by atomic mass is 10.0. The first-order valence-electron chi connectivity index (χ1n) is 4.52. The van der Waals surface area contributed by atoms with Crippen LogP contribution in [0.25, 0.3) is 0 Å². The van der Waals surface area contributed by atoms with E-state index in [1.165, 1.54) is 4.88 Å². The molecule has 0 spiro atoms. The van der Waals surface area contributed by atoms with Gasteiger partial charge in [0.25, 0.3) is 0 Å². The molecule has 72 valence electrons. The molecule has 0 radical (unpaired) electrons. The van der Waals surface area contributed by atoms with Crippen molar-refractivity contribution in [3.05, 3.63) is 16.1 Å². The van der Waals surface area contributed by atoms with Gasteiger partial charge in [-0.1, -0.05) is 0 Å². The number of aliphatic hydroxyl groups is 1. The van der Waals surface area contributed by atoms with E-state index in [1.807, 2.05) is 13.1 Å². The zero-order valence-electron chi connectivity index (χ0n) is 7.73. The lowest BCUT2D eigenvalue weighted by Gasteiger charge is -2.37. The number of aromatic nitrogens is 1. The molecule has 3 nitrogen and oxygen atoms in total. The summed E-state index contributed by atoms with van der Waals surface area (Å²) in [6, 6.07) is 0. The fourth-order valence-corrected chi connectivity index (χ4v) is 2.46. The van der Waals surface area contributed by atoms with Crippen LogP contribution in [-0.2, 0) is 6.54 Å². The molecule has 4 heteroatoms. The van der Waals surface area contributed by atoms with Gasteiger partial charge >= 0.3 is 0 Å². The van der Waals surface area contributed by atoms with Crippen LogP contribution < -0.4 is 0 Å². The zero-order chi connectivity index (χ0) is 9.26. The van der Waals surface area contributed by atoms with Crippen LogP contribution in [0.4, 0.5) is 0 Å². The topological polar surface area (TPSA) is 36.4 Å². The van der Waals surface area contributed by atoms with Gasteiger partial charge in [-0.05, 0) is 6.92 Å². The van der Waals surface area contributed by atoms with E-state index in [9.17, 15) is 0 Å². The standard InChI is InChI=1S/C9H14N2OS/c1-7-10-2-9(13-7)5-11-3-8(4-11)6-12/h2,8,12H,3-6H2,1H3. The minimum Gasteiger partial charge on any atom is -0.396 e. The monoisotopic (exact) mass is 198 g/mol. The predicted molar refractivity (Wildman–Crippen MR) is 52.7 cm³/mol. The number of rotatable bonds is 3. The molecule has 0 atom stereocenters. The summed E-state index contributed by atoms with van der Waals surface area (Å²) < 4.78 is 0. The van der Waals surface area contributed by atoms with Gasteiger partial charge in [-0.2, -0.15) is 0 Å². The molecule has 0 unspecified atom stereocenters. The van der Waals surface area contributed by atoms with Crippen LogP contribution in [0.2, 0.25) is 0 Å². The second-order valence-corrected chi connectivity index (χ2v) is 4.91. The summed E-state index contributed by atoms with van der Waals surface area (Å²) in [5.41, 5.74) is 0. The molecular weight excluding hydrogens is 184 g/mol. The summed E-state index contributed by atoms with van der Waals surface area (Å²) in [5.74, 6) is 0.508. The number of hydrogen-bond donors (Lipinski definition) is 1. The third kappa shape index (κ3) is 2.07. The summed E-state index contributed by atoms with van der Waals surface area (Å²) in [7, 11) is 0. The average Bonchev–Trinajstić information content (AvgIpc) is 2.43. The second-order valence-electron chi connectivity index (χ2n) is 3.59. The van der Waals surface area contributed by atoms with Gasteiger partial charge in [-0.15, -0.1) is 11.3 Å². The molecule has 1 saturated heterocycles. The van der Waals surface area contributed by atoms with Gasteiger partial charge in [0.2, 0.25) is 0 Å². The maximum Gasteiger partial charge on any atom is 0.0897 e. The molecule has 0 aliphatic carbocycles. The smallest absolute Gasteiger partial charge is 0.0897 e. The maximum atomic E-state index is 8.84. The molecule has 2 rings (SSSR count). The van der Waals surface area contributed by atoms with Crippen molar-refractivity contribution in [2.24, 2.45) is 5.92 Å². The summed E-state index contributed by atoms with van der Waals surface area (Å²) in [5, 5.41) is 9.97. The van der Waals surface area contributed by atoms with Crippen LogP contribution in [-0.4, -0.2) is 34.7 Å². The Morgan fingerprint density at radius 3 is 3.00 bits per heavy atom. The van der Waals surface area contributed by atoms with E-state index in [0.29, 0.717) is 12.5 Å². The van der Waals surface area contributed by atoms with Crippen molar-refractivity contribution < 1.29 is 5.11 Å². The van der Waals surface area contributed by atoms with Crippen LogP contribution in [0.15, 0.2) is 6.20 Å². The molecule has 1 aromatic rings.